The van der Waals surface area contributed by atoms with E-state index in [1.165, 1.54) is 5.57 Å². The number of rotatable bonds is 2. The number of urea groups is 1. The highest BCUT2D eigenvalue weighted by Gasteiger charge is 2.07. The molecule has 88 valence electrons. The van der Waals surface area contributed by atoms with Crippen LogP contribution in [-0.4, -0.2) is 11.7 Å². The molecule has 0 saturated carbocycles. The molecule has 1 aliphatic carbocycles. The van der Waals surface area contributed by atoms with E-state index in [0.29, 0.717) is 0 Å². The van der Waals surface area contributed by atoms with Crippen LogP contribution in [0, 0.1) is 0 Å². The predicted molar refractivity (Wildman–Crippen MR) is 69.0 cm³/mol. The minimum atomic E-state index is -0.318. The zero-order valence-electron chi connectivity index (χ0n) is 9.73. The molecule has 4 heteroatoms. The van der Waals surface area contributed by atoms with Crippen LogP contribution < -0.4 is 10.7 Å². The summed E-state index contributed by atoms with van der Waals surface area (Å²) in [6, 6.07) is 8.96. The van der Waals surface area contributed by atoms with Gasteiger partial charge in [-0.15, -0.1) is 0 Å². The fourth-order valence-corrected chi connectivity index (χ4v) is 1.65. The highest BCUT2D eigenvalue weighted by molar-refractivity contribution is 5.99. The SMILES string of the molecule is CC1=C/C(=N/NC(=O)Nc2ccccc2)CC1. The highest BCUT2D eigenvalue weighted by atomic mass is 16.2. The molecule has 4 nitrogen and oxygen atoms in total. The number of hydrogen-bond donors (Lipinski definition) is 2. The minimum absolute atomic E-state index is 0.318. The maximum Gasteiger partial charge on any atom is 0.339 e. The van der Waals surface area contributed by atoms with Crippen molar-refractivity contribution in [3.8, 4) is 0 Å². The van der Waals surface area contributed by atoms with E-state index < -0.39 is 0 Å². The number of allylic oxidation sites excluding steroid dienone is 2. The molecule has 0 fully saturated rings. The Labute approximate surface area is 100 Å². The van der Waals surface area contributed by atoms with Crippen molar-refractivity contribution in [2.24, 2.45) is 5.10 Å². The van der Waals surface area contributed by atoms with Crippen LogP contribution in [0.2, 0.25) is 0 Å². The molecule has 17 heavy (non-hydrogen) atoms. The molecule has 0 aromatic heterocycles. The Kier molecular flexibility index (Phi) is 3.55. The summed E-state index contributed by atoms with van der Waals surface area (Å²) < 4.78 is 0. The van der Waals surface area contributed by atoms with Crippen LogP contribution in [0.4, 0.5) is 10.5 Å². The quantitative estimate of drug-likeness (QED) is 0.753. The first-order valence-electron chi connectivity index (χ1n) is 5.60. The monoisotopic (exact) mass is 229 g/mol. The molecule has 0 heterocycles. The Morgan fingerprint density at radius 2 is 2.00 bits per heavy atom. The zero-order valence-corrected chi connectivity index (χ0v) is 9.73. The lowest BCUT2D eigenvalue weighted by atomic mass is 10.3. The fraction of sp³-hybridized carbons (Fsp3) is 0.231. The van der Waals surface area contributed by atoms with Crippen molar-refractivity contribution in [3.05, 3.63) is 42.0 Å². The molecule has 0 bridgehead atoms. The molecule has 1 aliphatic rings. The van der Waals surface area contributed by atoms with Crippen molar-refractivity contribution < 1.29 is 4.79 Å². The first kappa shape index (κ1) is 11.4. The number of hydrazone groups is 1. The second-order valence-corrected chi connectivity index (χ2v) is 4.03. The Morgan fingerprint density at radius 3 is 2.65 bits per heavy atom. The standard InChI is InChI=1S/C13H15N3O/c1-10-7-8-12(9-10)15-16-13(17)14-11-5-3-2-4-6-11/h2-6,9H,7-8H2,1H3,(H2,14,16,17)/b15-12+. The average Bonchev–Trinajstić information content (AvgIpc) is 2.74. The molecule has 0 aliphatic heterocycles. The largest absolute Gasteiger partial charge is 0.339 e. The van der Waals surface area contributed by atoms with Gasteiger partial charge in [0.15, 0.2) is 0 Å². The third-order valence-electron chi connectivity index (χ3n) is 2.52. The van der Waals surface area contributed by atoms with Gasteiger partial charge in [-0.25, -0.2) is 10.2 Å². The number of carbonyl (C=O) groups is 1. The van der Waals surface area contributed by atoms with E-state index in [0.717, 1.165) is 24.2 Å². The van der Waals surface area contributed by atoms with Gasteiger partial charge in [0, 0.05) is 5.69 Å². The molecule has 2 N–H and O–H groups in total. The summed E-state index contributed by atoms with van der Waals surface area (Å²) in [7, 11) is 0. The Hall–Kier alpha value is -2.10. The number of anilines is 1. The van der Waals surface area contributed by atoms with Gasteiger partial charge in [0.2, 0.25) is 0 Å². The van der Waals surface area contributed by atoms with Crippen LogP contribution >= 0.6 is 0 Å². The molecule has 1 aromatic rings. The summed E-state index contributed by atoms with van der Waals surface area (Å²) in [5.41, 5.74) is 5.46. The van der Waals surface area contributed by atoms with Crippen LogP contribution in [0.25, 0.3) is 0 Å². The molecule has 0 unspecified atom stereocenters. The third-order valence-corrected chi connectivity index (χ3v) is 2.52. The smallest absolute Gasteiger partial charge is 0.307 e. The summed E-state index contributed by atoms with van der Waals surface area (Å²) in [6.07, 6.45) is 3.93. The van der Waals surface area contributed by atoms with Crippen molar-refractivity contribution in [1.82, 2.24) is 5.43 Å². The van der Waals surface area contributed by atoms with Gasteiger partial charge in [-0.2, -0.15) is 5.10 Å². The number of para-hydroxylation sites is 1. The normalized spacial score (nSPS) is 16.8. The maximum atomic E-state index is 11.5. The number of nitrogens with zero attached hydrogens (tertiary/aromatic N) is 1. The molecule has 0 saturated heterocycles. The molecule has 0 atom stereocenters. The first-order chi connectivity index (χ1) is 8.24. The number of nitrogens with one attached hydrogen (secondary N) is 2. The summed E-state index contributed by atoms with van der Waals surface area (Å²) in [4.78, 5) is 11.5. The molecule has 0 spiro atoms. The van der Waals surface area contributed by atoms with Gasteiger partial charge in [-0.05, 0) is 38.0 Å². The van der Waals surface area contributed by atoms with Crippen molar-refractivity contribution >= 4 is 17.4 Å². The lowest BCUT2D eigenvalue weighted by Gasteiger charge is -2.03. The Balaban J connectivity index is 1.86. The van der Waals surface area contributed by atoms with Gasteiger partial charge in [-0.3, -0.25) is 0 Å². The lowest BCUT2D eigenvalue weighted by Crippen LogP contribution is -2.24. The molecular weight excluding hydrogens is 214 g/mol. The number of amides is 2. The van der Waals surface area contributed by atoms with Crippen molar-refractivity contribution in [2.45, 2.75) is 19.8 Å². The third kappa shape index (κ3) is 3.45. The molecule has 2 rings (SSSR count). The fourth-order valence-electron chi connectivity index (χ4n) is 1.65. The zero-order chi connectivity index (χ0) is 12.1. The molecule has 0 radical (unpaired) electrons. The van der Waals surface area contributed by atoms with E-state index in [9.17, 15) is 4.79 Å². The van der Waals surface area contributed by atoms with Crippen molar-refractivity contribution in [1.29, 1.82) is 0 Å². The maximum absolute atomic E-state index is 11.5. The predicted octanol–water partition coefficient (Wildman–Crippen LogP) is 2.90. The highest BCUT2D eigenvalue weighted by Crippen LogP contribution is 2.14. The van der Waals surface area contributed by atoms with Gasteiger partial charge >= 0.3 is 6.03 Å². The van der Waals surface area contributed by atoms with Gasteiger partial charge in [0.1, 0.15) is 0 Å². The van der Waals surface area contributed by atoms with Crippen molar-refractivity contribution in [3.63, 3.8) is 0 Å². The second kappa shape index (κ2) is 5.30. The molecule has 1 aromatic carbocycles. The average molecular weight is 229 g/mol. The molecular formula is C13H15N3O. The van der Waals surface area contributed by atoms with Gasteiger partial charge in [0.25, 0.3) is 0 Å². The van der Waals surface area contributed by atoms with E-state index >= 15 is 0 Å². The minimum Gasteiger partial charge on any atom is -0.307 e. The first-order valence-corrected chi connectivity index (χ1v) is 5.60. The van der Waals surface area contributed by atoms with Crippen LogP contribution in [0.3, 0.4) is 0 Å². The lowest BCUT2D eigenvalue weighted by molar-refractivity contribution is 0.252. The van der Waals surface area contributed by atoms with Gasteiger partial charge in [-0.1, -0.05) is 23.8 Å². The summed E-state index contributed by atoms with van der Waals surface area (Å²) >= 11 is 0. The number of benzene rings is 1. The topological polar surface area (TPSA) is 53.5 Å². The van der Waals surface area contributed by atoms with Crippen LogP contribution in [0.5, 0.6) is 0 Å². The summed E-state index contributed by atoms with van der Waals surface area (Å²) in [6.45, 7) is 2.06. The van der Waals surface area contributed by atoms with Crippen LogP contribution in [0.15, 0.2) is 47.1 Å². The van der Waals surface area contributed by atoms with Crippen LogP contribution in [-0.2, 0) is 0 Å². The molecule has 2 amide bonds. The summed E-state index contributed by atoms with van der Waals surface area (Å²) in [5.74, 6) is 0. The number of carbonyl (C=O) groups excluding carboxylic acids is 1. The van der Waals surface area contributed by atoms with E-state index in [4.69, 9.17) is 0 Å². The van der Waals surface area contributed by atoms with E-state index in [-0.39, 0.29) is 6.03 Å². The van der Waals surface area contributed by atoms with E-state index in [1.54, 1.807) is 0 Å². The Morgan fingerprint density at radius 1 is 1.24 bits per heavy atom. The Bertz CT molecular complexity index is 463. The second-order valence-electron chi connectivity index (χ2n) is 4.03. The summed E-state index contributed by atoms with van der Waals surface area (Å²) in [5, 5.41) is 6.75. The van der Waals surface area contributed by atoms with E-state index in [1.807, 2.05) is 36.4 Å². The van der Waals surface area contributed by atoms with Gasteiger partial charge in [0.05, 0.1) is 5.71 Å². The van der Waals surface area contributed by atoms with Gasteiger partial charge < -0.3 is 5.32 Å². The van der Waals surface area contributed by atoms with Crippen LogP contribution in [0.1, 0.15) is 19.8 Å². The van der Waals surface area contributed by atoms with E-state index in [2.05, 4.69) is 22.8 Å². The van der Waals surface area contributed by atoms with Crippen molar-refractivity contribution in [2.75, 3.05) is 5.32 Å². The number of hydrogen-bond acceptors (Lipinski definition) is 2.